The summed E-state index contributed by atoms with van der Waals surface area (Å²) < 4.78 is 4.71. The van der Waals surface area contributed by atoms with Gasteiger partial charge in [0.25, 0.3) is 17.7 Å². The van der Waals surface area contributed by atoms with Crippen LogP contribution in [0.3, 0.4) is 0 Å². The predicted octanol–water partition coefficient (Wildman–Crippen LogP) is 1.12. The van der Waals surface area contributed by atoms with Gasteiger partial charge in [0.15, 0.2) is 6.61 Å². The Bertz CT molecular complexity index is 838. The van der Waals surface area contributed by atoms with Gasteiger partial charge < -0.3 is 10.5 Å². The number of hydrogen-bond donors (Lipinski definition) is 1. The molecule has 7 nitrogen and oxygen atoms in total. The maximum Gasteiger partial charge on any atom is 0.338 e. The second kappa shape index (κ2) is 6.56. The van der Waals surface area contributed by atoms with Crippen LogP contribution in [0.5, 0.6) is 0 Å². The van der Waals surface area contributed by atoms with Gasteiger partial charge in [-0.25, -0.2) is 4.79 Å². The van der Waals surface area contributed by atoms with Crippen molar-refractivity contribution in [3.05, 3.63) is 70.8 Å². The summed E-state index contributed by atoms with van der Waals surface area (Å²) >= 11 is 0. The summed E-state index contributed by atoms with van der Waals surface area (Å²) in [6, 6.07) is 12.9. The minimum absolute atomic E-state index is 0.100. The standard InChI is InChI=1S/C18H14N2O5/c19-15(21)10-25-18(24)12-7-5-11(6-8-12)9-20-16(22)13-3-1-2-4-14(13)17(20)23/h1-8H,9-10H2,(H2,19,21). The van der Waals surface area contributed by atoms with Crippen LogP contribution in [0.25, 0.3) is 0 Å². The lowest BCUT2D eigenvalue weighted by Crippen LogP contribution is -2.29. The number of fused-ring (bicyclic) bond motifs is 1. The van der Waals surface area contributed by atoms with Gasteiger partial charge in [0.1, 0.15) is 0 Å². The van der Waals surface area contributed by atoms with Gasteiger partial charge >= 0.3 is 5.97 Å². The van der Waals surface area contributed by atoms with Crippen LogP contribution in [0.1, 0.15) is 36.6 Å². The number of primary amides is 1. The normalized spacial score (nSPS) is 12.9. The fraction of sp³-hybridized carbons (Fsp3) is 0.111. The summed E-state index contributed by atoms with van der Waals surface area (Å²) in [5.41, 5.74) is 6.61. The molecule has 2 aromatic rings. The molecule has 1 aliphatic rings. The third kappa shape index (κ3) is 3.25. The first-order valence-corrected chi connectivity index (χ1v) is 7.47. The van der Waals surface area contributed by atoms with Gasteiger partial charge in [-0.15, -0.1) is 0 Å². The average Bonchev–Trinajstić information content (AvgIpc) is 2.85. The zero-order valence-electron chi connectivity index (χ0n) is 13.1. The Hall–Kier alpha value is -3.48. The molecule has 2 aromatic carbocycles. The fourth-order valence-electron chi connectivity index (χ4n) is 2.53. The van der Waals surface area contributed by atoms with Gasteiger partial charge in [-0.2, -0.15) is 0 Å². The molecular formula is C18H14N2O5. The number of benzene rings is 2. The van der Waals surface area contributed by atoms with Crippen LogP contribution in [-0.2, 0) is 16.1 Å². The lowest BCUT2D eigenvalue weighted by atomic mass is 10.1. The molecular weight excluding hydrogens is 324 g/mol. The van der Waals surface area contributed by atoms with Crippen molar-refractivity contribution in [2.24, 2.45) is 5.73 Å². The second-order valence-corrected chi connectivity index (χ2v) is 5.48. The van der Waals surface area contributed by atoms with Crippen LogP contribution in [0, 0.1) is 0 Å². The molecule has 0 bridgehead atoms. The average molecular weight is 338 g/mol. The smallest absolute Gasteiger partial charge is 0.338 e. The molecule has 7 heteroatoms. The number of esters is 1. The minimum atomic E-state index is -0.740. The molecule has 0 unspecified atom stereocenters. The van der Waals surface area contributed by atoms with Crippen molar-refractivity contribution in [2.45, 2.75) is 6.54 Å². The molecule has 1 heterocycles. The molecule has 0 saturated carbocycles. The number of carbonyl (C=O) groups excluding carboxylic acids is 4. The second-order valence-electron chi connectivity index (χ2n) is 5.48. The monoisotopic (exact) mass is 338 g/mol. The quantitative estimate of drug-likeness (QED) is 0.649. The lowest BCUT2D eigenvalue weighted by Gasteiger charge is -2.14. The Labute approximate surface area is 143 Å². The summed E-state index contributed by atoms with van der Waals surface area (Å²) in [6.45, 7) is -0.390. The maximum atomic E-state index is 12.3. The van der Waals surface area contributed by atoms with Crippen molar-refractivity contribution in [2.75, 3.05) is 6.61 Å². The Kier molecular flexibility index (Phi) is 4.30. The van der Waals surface area contributed by atoms with E-state index in [2.05, 4.69) is 0 Å². The number of rotatable bonds is 5. The Morgan fingerprint density at radius 2 is 1.48 bits per heavy atom. The summed E-state index contributed by atoms with van der Waals surface area (Å²) in [5, 5.41) is 0. The fourth-order valence-corrected chi connectivity index (χ4v) is 2.53. The first kappa shape index (κ1) is 16.4. The summed E-state index contributed by atoms with van der Waals surface area (Å²) in [6.07, 6.45) is 0. The first-order valence-electron chi connectivity index (χ1n) is 7.47. The van der Waals surface area contributed by atoms with Crippen molar-refractivity contribution < 1.29 is 23.9 Å². The minimum Gasteiger partial charge on any atom is -0.452 e. The van der Waals surface area contributed by atoms with E-state index in [9.17, 15) is 19.2 Å². The Balaban J connectivity index is 1.70. The number of amides is 3. The van der Waals surface area contributed by atoms with Crippen molar-refractivity contribution in [3.63, 3.8) is 0 Å². The predicted molar refractivity (Wildman–Crippen MR) is 86.6 cm³/mol. The molecule has 0 aromatic heterocycles. The van der Waals surface area contributed by atoms with Crippen LogP contribution in [-0.4, -0.2) is 35.2 Å². The Morgan fingerprint density at radius 3 is 2.00 bits per heavy atom. The zero-order chi connectivity index (χ0) is 18.0. The van der Waals surface area contributed by atoms with E-state index in [4.69, 9.17) is 10.5 Å². The number of ether oxygens (including phenoxy) is 1. The van der Waals surface area contributed by atoms with Gasteiger partial charge in [0, 0.05) is 0 Å². The van der Waals surface area contributed by atoms with E-state index >= 15 is 0 Å². The third-order valence-electron chi connectivity index (χ3n) is 3.75. The van der Waals surface area contributed by atoms with Crippen molar-refractivity contribution in [3.8, 4) is 0 Å². The van der Waals surface area contributed by atoms with E-state index in [1.165, 1.54) is 12.1 Å². The van der Waals surface area contributed by atoms with Crippen molar-refractivity contribution in [1.29, 1.82) is 0 Å². The van der Waals surface area contributed by atoms with Crippen molar-refractivity contribution >= 4 is 23.7 Å². The van der Waals surface area contributed by atoms with Crippen molar-refractivity contribution in [1.82, 2.24) is 4.90 Å². The molecule has 2 N–H and O–H groups in total. The third-order valence-corrected chi connectivity index (χ3v) is 3.75. The molecule has 0 aliphatic carbocycles. The van der Waals surface area contributed by atoms with Crippen LogP contribution in [0.15, 0.2) is 48.5 Å². The maximum absolute atomic E-state index is 12.3. The van der Waals surface area contributed by atoms with Crippen LogP contribution < -0.4 is 5.73 Å². The van der Waals surface area contributed by atoms with Crippen LogP contribution in [0.2, 0.25) is 0 Å². The molecule has 1 aliphatic heterocycles. The van der Waals surface area contributed by atoms with Crippen LogP contribution in [0.4, 0.5) is 0 Å². The summed E-state index contributed by atoms with van der Waals surface area (Å²) in [4.78, 5) is 48.1. The highest BCUT2D eigenvalue weighted by molar-refractivity contribution is 6.21. The molecule has 25 heavy (non-hydrogen) atoms. The molecule has 0 fully saturated rings. The highest BCUT2D eigenvalue weighted by Gasteiger charge is 2.34. The number of imide groups is 1. The number of nitrogens with zero attached hydrogens (tertiary/aromatic N) is 1. The topological polar surface area (TPSA) is 107 Å². The molecule has 3 rings (SSSR count). The molecule has 3 amide bonds. The SMILES string of the molecule is NC(=O)COC(=O)c1ccc(CN2C(=O)c3ccccc3C2=O)cc1. The van der Waals surface area contributed by atoms with E-state index < -0.39 is 18.5 Å². The zero-order valence-corrected chi connectivity index (χ0v) is 13.1. The first-order chi connectivity index (χ1) is 12.0. The molecule has 0 spiro atoms. The largest absolute Gasteiger partial charge is 0.452 e. The lowest BCUT2D eigenvalue weighted by molar-refractivity contribution is -0.121. The summed E-state index contributed by atoms with van der Waals surface area (Å²) in [5.74, 6) is -2.10. The van der Waals surface area contributed by atoms with E-state index in [0.717, 1.165) is 4.90 Å². The highest BCUT2D eigenvalue weighted by Crippen LogP contribution is 2.24. The van der Waals surface area contributed by atoms with Gasteiger partial charge in [-0.1, -0.05) is 24.3 Å². The van der Waals surface area contributed by atoms with E-state index in [0.29, 0.717) is 16.7 Å². The number of hydrogen-bond acceptors (Lipinski definition) is 5. The number of nitrogens with two attached hydrogens (primary N) is 1. The molecule has 126 valence electrons. The van der Waals surface area contributed by atoms with Gasteiger partial charge in [0.2, 0.25) is 0 Å². The van der Waals surface area contributed by atoms with Gasteiger partial charge in [-0.3, -0.25) is 19.3 Å². The summed E-state index contributed by atoms with van der Waals surface area (Å²) in [7, 11) is 0. The van der Waals surface area contributed by atoms with Gasteiger partial charge in [0.05, 0.1) is 23.2 Å². The molecule has 0 saturated heterocycles. The highest BCUT2D eigenvalue weighted by atomic mass is 16.5. The van der Waals surface area contributed by atoms with Crippen LogP contribution >= 0.6 is 0 Å². The Morgan fingerprint density at radius 1 is 0.920 bits per heavy atom. The molecule has 0 atom stereocenters. The van der Waals surface area contributed by atoms with E-state index in [-0.39, 0.29) is 23.9 Å². The van der Waals surface area contributed by atoms with E-state index in [1.807, 2.05) is 0 Å². The molecule has 0 radical (unpaired) electrons. The van der Waals surface area contributed by atoms with Gasteiger partial charge in [-0.05, 0) is 29.8 Å². The van der Waals surface area contributed by atoms with E-state index in [1.54, 1.807) is 36.4 Å². The number of carbonyl (C=O) groups is 4.